The lowest BCUT2D eigenvalue weighted by atomic mass is 9.99. The molecule has 0 amide bonds. The molecule has 4 aromatic rings. The van der Waals surface area contributed by atoms with E-state index in [1.54, 1.807) is 0 Å². The summed E-state index contributed by atoms with van der Waals surface area (Å²) in [6.45, 7) is 0. The molecule has 2 heteroatoms. The van der Waals surface area contributed by atoms with E-state index >= 15 is 0 Å². The van der Waals surface area contributed by atoms with Gasteiger partial charge >= 0.3 is 0 Å². The Morgan fingerprint density at radius 1 is 0.800 bits per heavy atom. The number of allylic oxidation sites excluding steroid dienone is 1. The van der Waals surface area contributed by atoms with Crippen molar-refractivity contribution >= 4 is 16.5 Å². The first kappa shape index (κ1) is 14.1. The molecule has 5 rings (SSSR count). The minimum Gasteiger partial charge on any atom is -0.256 e. The zero-order valence-corrected chi connectivity index (χ0v) is 13.7. The Morgan fingerprint density at radius 3 is 2.64 bits per heavy atom. The summed E-state index contributed by atoms with van der Waals surface area (Å²) in [6, 6.07) is 25.2. The molecular weight excluding hydrogens is 304 g/mol. The molecule has 0 spiro atoms. The predicted octanol–water partition coefficient (Wildman–Crippen LogP) is 5.53. The average Bonchev–Trinajstić information content (AvgIpc) is 3.11. The zero-order valence-electron chi connectivity index (χ0n) is 13.7. The monoisotopic (exact) mass is 322 g/mol. The SMILES string of the molecule is C1=C(c2ccc3ncccc3c2)c2ccc(-c3ccccc3)nc2C1.[HH]. The molecule has 1 aliphatic rings. The number of hydrogen-bond donors (Lipinski definition) is 0. The van der Waals surface area contributed by atoms with E-state index in [-0.39, 0.29) is 1.43 Å². The van der Waals surface area contributed by atoms with Gasteiger partial charge in [-0.3, -0.25) is 9.97 Å². The van der Waals surface area contributed by atoms with E-state index < -0.39 is 0 Å². The smallest absolute Gasteiger partial charge is 0.0705 e. The number of pyridine rings is 2. The van der Waals surface area contributed by atoms with Crippen molar-refractivity contribution < 1.29 is 1.43 Å². The van der Waals surface area contributed by atoms with Crippen molar-refractivity contribution in [3.8, 4) is 11.3 Å². The van der Waals surface area contributed by atoms with Gasteiger partial charge in [0, 0.05) is 30.6 Å². The topological polar surface area (TPSA) is 25.8 Å². The molecule has 2 aromatic heterocycles. The molecule has 2 heterocycles. The lowest BCUT2D eigenvalue weighted by Crippen LogP contribution is -1.93. The third-order valence-corrected chi connectivity index (χ3v) is 4.75. The maximum absolute atomic E-state index is 4.90. The van der Waals surface area contributed by atoms with E-state index in [2.05, 4.69) is 71.7 Å². The van der Waals surface area contributed by atoms with E-state index in [9.17, 15) is 0 Å². The van der Waals surface area contributed by atoms with Crippen LogP contribution < -0.4 is 0 Å². The number of rotatable bonds is 2. The average molecular weight is 322 g/mol. The highest BCUT2D eigenvalue weighted by molar-refractivity contribution is 5.90. The first-order valence-corrected chi connectivity index (χ1v) is 8.49. The Balaban J connectivity index is 0.00000168. The Kier molecular flexibility index (Phi) is 3.20. The van der Waals surface area contributed by atoms with Gasteiger partial charge in [0.15, 0.2) is 0 Å². The van der Waals surface area contributed by atoms with Crippen LogP contribution in [0.3, 0.4) is 0 Å². The lowest BCUT2D eigenvalue weighted by Gasteiger charge is -2.09. The molecule has 0 bridgehead atoms. The van der Waals surface area contributed by atoms with Gasteiger partial charge in [0.05, 0.1) is 16.9 Å². The van der Waals surface area contributed by atoms with Gasteiger partial charge < -0.3 is 0 Å². The van der Waals surface area contributed by atoms with Gasteiger partial charge in [-0.1, -0.05) is 54.6 Å². The largest absolute Gasteiger partial charge is 0.256 e. The molecule has 0 saturated heterocycles. The van der Waals surface area contributed by atoms with Crippen LogP contribution in [-0.4, -0.2) is 9.97 Å². The van der Waals surface area contributed by atoms with Crippen LogP contribution in [-0.2, 0) is 6.42 Å². The molecule has 0 aliphatic heterocycles. The summed E-state index contributed by atoms with van der Waals surface area (Å²) >= 11 is 0. The maximum Gasteiger partial charge on any atom is 0.0705 e. The fraction of sp³-hybridized carbons (Fsp3) is 0.0435. The van der Waals surface area contributed by atoms with Gasteiger partial charge in [-0.15, -0.1) is 0 Å². The molecule has 25 heavy (non-hydrogen) atoms. The van der Waals surface area contributed by atoms with E-state index in [1.165, 1.54) is 22.1 Å². The summed E-state index contributed by atoms with van der Waals surface area (Å²) in [5.74, 6) is 0. The minimum atomic E-state index is 0. The molecule has 0 N–H and O–H groups in total. The molecule has 2 aromatic carbocycles. The molecule has 0 fully saturated rings. The minimum absolute atomic E-state index is 0. The molecule has 1 aliphatic carbocycles. The number of hydrogen-bond acceptors (Lipinski definition) is 2. The van der Waals surface area contributed by atoms with E-state index in [0.717, 1.165) is 28.9 Å². The summed E-state index contributed by atoms with van der Waals surface area (Å²) in [4.78, 5) is 9.30. The van der Waals surface area contributed by atoms with E-state index in [0.29, 0.717) is 0 Å². The van der Waals surface area contributed by atoms with Crippen LogP contribution in [0.1, 0.15) is 18.2 Å². The van der Waals surface area contributed by atoms with Gasteiger partial charge in [0.2, 0.25) is 0 Å². The second-order valence-electron chi connectivity index (χ2n) is 6.29. The fourth-order valence-electron chi connectivity index (χ4n) is 3.50. The van der Waals surface area contributed by atoms with Crippen LogP contribution in [0.2, 0.25) is 0 Å². The van der Waals surface area contributed by atoms with Crippen LogP contribution in [0, 0.1) is 0 Å². The molecular formula is C23H18N2. The highest BCUT2D eigenvalue weighted by Gasteiger charge is 2.18. The van der Waals surface area contributed by atoms with Crippen LogP contribution >= 0.6 is 0 Å². The maximum atomic E-state index is 4.90. The van der Waals surface area contributed by atoms with Crippen molar-refractivity contribution in [2.45, 2.75) is 6.42 Å². The van der Waals surface area contributed by atoms with Gasteiger partial charge in [-0.2, -0.15) is 0 Å². The van der Waals surface area contributed by atoms with Gasteiger partial charge in [0.25, 0.3) is 0 Å². The summed E-state index contributed by atoms with van der Waals surface area (Å²) in [5, 5.41) is 1.17. The van der Waals surface area contributed by atoms with Crippen LogP contribution in [0.25, 0.3) is 27.7 Å². The fourth-order valence-corrected chi connectivity index (χ4v) is 3.50. The van der Waals surface area contributed by atoms with Gasteiger partial charge in [-0.25, -0.2) is 0 Å². The summed E-state index contributed by atoms with van der Waals surface area (Å²) in [5.41, 5.74) is 8.13. The first-order valence-electron chi connectivity index (χ1n) is 8.49. The van der Waals surface area contributed by atoms with Crippen molar-refractivity contribution in [2.75, 3.05) is 0 Å². The summed E-state index contributed by atoms with van der Waals surface area (Å²) in [6.07, 6.45) is 5.00. The van der Waals surface area contributed by atoms with Gasteiger partial charge in [0.1, 0.15) is 0 Å². The second kappa shape index (κ2) is 5.67. The predicted molar refractivity (Wildman–Crippen MR) is 104 cm³/mol. The lowest BCUT2D eigenvalue weighted by molar-refractivity contribution is 1.13. The number of aromatic nitrogens is 2. The second-order valence-corrected chi connectivity index (χ2v) is 6.29. The Bertz CT molecular complexity index is 1120. The van der Waals surface area contributed by atoms with Gasteiger partial charge in [-0.05, 0) is 35.4 Å². The molecule has 120 valence electrons. The molecule has 2 nitrogen and oxygen atoms in total. The molecule has 0 unspecified atom stereocenters. The Hall–Kier alpha value is -3.26. The quantitative estimate of drug-likeness (QED) is 0.485. The highest BCUT2D eigenvalue weighted by Crippen LogP contribution is 2.34. The van der Waals surface area contributed by atoms with Crippen LogP contribution in [0.5, 0.6) is 0 Å². The van der Waals surface area contributed by atoms with E-state index in [1.807, 2.05) is 18.3 Å². The highest BCUT2D eigenvalue weighted by atomic mass is 14.7. The number of nitrogens with zero attached hydrogens (tertiary/aromatic N) is 2. The van der Waals surface area contributed by atoms with Crippen LogP contribution in [0.15, 0.2) is 85.1 Å². The van der Waals surface area contributed by atoms with Crippen molar-refractivity contribution in [3.05, 3.63) is 102 Å². The Morgan fingerprint density at radius 2 is 1.72 bits per heavy atom. The normalized spacial score (nSPS) is 12.9. The summed E-state index contributed by atoms with van der Waals surface area (Å²) < 4.78 is 0. The molecule has 0 atom stereocenters. The molecule has 0 radical (unpaired) electrons. The Labute approximate surface area is 148 Å². The molecule has 0 saturated carbocycles. The number of benzene rings is 2. The van der Waals surface area contributed by atoms with Crippen molar-refractivity contribution in [1.82, 2.24) is 9.97 Å². The van der Waals surface area contributed by atoms with Crippen molar-refractivity contribution in [3.63, 3.8) is 0 Å². The first-order chi connectivity index (χ1) is 12.4. The third-order valence-electron chi connectivity index (χ3n) is 4.75. The van der Waals surface area contributed by atoms with Crippen molar-refractivity contribution in [1.29, 1.82) is 0 Å². The van der Waals surface area contributed by atoms with Crippen molar-refractivity contribution in [2.24, 2.45) is 0 Å². The zero-order chi connectivity index (χ0) is 16.6. The third kappa shape index (κ3) is 2.43. The number of fused-ring (bicyclic) bond motifs is 2. The standard InChI is InChI=1S/C23H16N2.H2/c1-2-5-16(6-3-1)22-12-10-20-19(9-13-23(20)25-22)17-8-11-21-18(15-17)7-4-14-24-21;/h1-12,14-15H,13H2;1H. The van der Waals surface area contributed by atoms with E-state index in [4.69, 9.17) is 4.98 Å². The van der Waals surface area contributed by atoms with Crippen LogP contribution in [0.4, 0.5) is 0 Å². The summed E-state index contributed by atoms with van der Waals surface area (Å²) in [7, 11) is 0.